The number of carbonyl (C=O) groups is 1. The van der Waals surface area contributed by atoms with Gasteiger partial charge in [-0.15, -0.1) is 0 Å². The Balaban J connectivity index is 2.32. The number of pyridine rings is 1. The summed E-state index contributed by atoms with van der Waals surface area (Å²) in [6.45, 7) is 1.99. The predicted molar refractivity (Wildman–Crippen MR) is 70.1 cm³/mol. The average molecular weight is 243 g/mol. The number of nitrogen functional groups attached to an aromatic ring is 1. The third-order valence-corrected chi connectivity index (χ3v) is 2.53. The van der Waals surface area contributed by atoms with Gasteiger partial charge in [0.05, 0.1) is 11.3 Å². The number of aromatic nitrogens is 1. The summed E-state index contributed by atoms with van der Waals surface area (Å²) in [5, 5.41) is 12.0. The van der Waals surface area contributed by atoms with Crippen LogP contribution in [0.4, 0.5) is 17.2 Å². The number of nitrogens with one attached hydrogen (secondary N) is 1. The highest BCUT2D eigenvalue weighted by Gasteiger charge is 2.12. The second-order valence-corrected chi connectivity index (χ2v) is 3.92. The van der Waals surface area contributed by atoms with Crippen molar-refractivity contribution in [1.82, 2.24) is 4.98 Å². The summed E-state index contributed by atoms with van der Waals surface area (Å²) in [7, 11) is 0. The lowest BCUT2D eigenvalue weighted by Gasteiger charge is -2.10. The number of hydrogen-bond donors (Lipinski definition) is 3. The highest BCUT2D eigenvalue weighted by atomic mass is 16.4. The Morgan fingerprint density at radius 2 is 1.94 bits per heavy atom. The second kappa shape index (κ2) is 4.75. The summed E-state index contributed by atoms with van der Waals surface area (Å²) >= 11 is 0. The van der Waals surface area contributed by atoms with Gasteiger partial charge in [-0.1, -0.05) is 17.7 Å². The van der Waals surface area contributed by atoms with E-state index in [0.29, 0.717) is 5.82 Å². The van der Waals surface area contributed by atoms with Crippen LogP contribution in [0, 0.1) is 6.92 Å². The van der Waals surface area contributed by atoms with Crippen LogP contribution < -0.4 is 11.1 Å². The first-order valence-corrected chi connectivity index (χ1v) is 5.39. The predicted octanol–water partition coefficient (Wildman–Crippen LogP) is 2.41. The topological polar surface area (TPSA) is 88.2 Å². The van der Waals surface area contributed by atoms with Crippen molar-refractivity contribution in [2.24, 2.45) is 0 Å². The van der Waals surface area contributed by atoms with Crippen LogP contribution in [0.2, 0.25) is 0 Å². The number of nitrogens with zero attached hydrogens (tertiary/aromatic N) is 1. The molecule has 1 aromatic heterocycles. The molecule has 0 spiro atoms. The third kappa shape index (κ3) is 2.40. The van der Waals surface area contributed by atoms with Gasteiger partial charge in [-0.05, 0) is 25.1 Å². The SMILES string of the molecule is Cc1ccc(Nc2nccc(C(=O)O)c2N)cc1. The van der Waals surface area contributed by atoms with Crippen molar-refractivity contribution in [2.75, 3.05) is 11.1 Å². The molecule has 0 fully saturated rings. The van der Waals surface area contributed by atoms with Gasteiger partial charge in [0.2, 0.25) is 0 Å². The fourth-order valence-electron chi connectivity index (χ4n) is 1.53. The molecule has 0 saturated heterocycles. The maximum atomic E-state index is 10.9. The Kier molecular flexibility index (Phi) is 3.14. The molecule has 0 atom stereocenters. The van der Waals surface area contributed by atoms with Gasteiger partial charge in [-0.25, -0.2) is 9.78 Å². The van der Waals surface area contributed by atoms with Crippen molar-refractivity contribution in [1.29, 1.82) is 0 Å². The molecule has 5 nitrogen and oxygen atoms in total. The third-order valence-electron chi connectivity index (χ3n) is 2.53. The summed E-state index contributed by atoms with van der Waals surface area (Å²) in [5.74, 6) is -0.722. The van der Waals surface area contributed by atoms with E-state index < -0.39 is 5.97 Å². The van der Waals surface area contributed by atoms with E-state index in [-0.39, 0.29) is 11.3 Å². The van der Waals surface area contributed by atoms with Gasteiger partial charge in [0, 0.05) is 11.9 Å². The minimum Gasteiger partial charge on any atom is -0.478 e. The molecule has 1 aromatic carbocycles. The van der Waals surface area contributed by atoms with Gasteiger partial charge in [-0.2, -0.15) is 0 Å². The van der Waals surface area contributed by atoms with Crippen LogP contribution in [0.25, 0.3) is 0 Å². The van der Waals surface area contributed by atoms with Gasteiger partial charge < -0.3 is 16.2 Å². The Bertz CT molecular complexity index is 579. The number of nitrogens with two attached hydrogens (primary N) is 1. The Morgan fingerprint density at radius 1 is 1.28 bits per heavy atom. The molecule has 0 amide bonds. The average Bonchev–Trinajstić information content (AvgIpc) is 2.34. The number of benzene rings is 1. The summed E-state index contributed by atoms with van der Waals surface area (Å²) < 4.78 is 0. The molecule has 92 valence electrons. The van der Waals surface area contributed by atoms with Gasteiger partial charge in [-0.3, -0.25) is 0 Å². The van der Waals surface area contributed by atoms with Gasteiger partial charge in [0.25, 0.3) is 0 Å². The maximum Gasteiger partial charge on any atom is 0.337 e. The van der Waals surface area contributed by atoms with E-state index >= 15 is 0 Å². The largest absolute Gasteiger partial charge is 0.478 e. The summed E-state index contributed by atoms with van der Waals surface area (Å²) in [6.07, 6.45) is 1.41. The maximum absolute atomic E-state index is 10.9. The van der Waals surface area contributed by atoms with Crippen molar-refractivity contribution in [3.8, 4) is 0 Å². The molecule has 1 heterocycles. The summed E-state index contributed by atoms with van der Waals surface area (Å²) in [6, 6.07) is 9.02. The van der Waals surface area contributed by atoms with E-state index in [1.807, 2.05) is 31.2 Å². The highest BCUT2D eigenvalue weighted by molar-refractivity contribution is 5.96. The molecule has 0 bridgehead atoms. The zero-order chi connectivity index (χ0) is 13.1. The van der Waals surface area contributed by atoms with E-state index in [4.69, 9.17) is 10.8 Å². The van der Waals surface area contributed by atoms with Crippen LogP contribution in [-0.2, 0) is 0 Å². The zero-order valence-corrected chi connectivity index (χ0v) is 9.84. The van der Waals surface area contributed by atoms with E-state index in [9.17, 15) is 4.79 Å². The Hall–Kier alpha value is -2.56. The monoisotopic (exact) mass is 243 g/mol. The van der Waals surface area contributed by atoms with Crippen molar-refractivity contribution in [2.45, 2.75) is 6.92 Å². The molecular formula is C13H13N3O2. The first kappa shape index (κ1) is 11.9. The van der Waals surface area contributed by atoms with Crippen LogP contribution in [0.15, 0.2) is 36.5 Å². The second-order valence-electron chi connectivity index (χ2n) is 3.92. The van der Waals surface area contributed by atoms with Crippen LogP contribution in [0.3, 0.4) is 0 Å². The first-order chi connectivity index (χ1) is 8.58. The number of carboxylic acids is 1. The number of aryl methyl sites for hydroxylation is 1. The van der Waals surface area contributed by atoms with Crippen LogP contribution >= 0.6 is 0 Å². The highest BCUT2D eigenvalue weighted by Crippen LogP contribution is 2.23. The number of hydrogen-bond acceptors (Lipinski definition) is 4. The van der Waals surface area contributed by atoms with Crippen molar-refractivity contribution >= 4 is 23.2 Å². The molecule has 4 N–H and O–H groups in total. The van der Waals surface area contributed by atoms with Gasteiger partial charge in [0.15, 0.2) is 5.82 Å². The fraction of sp³-hybridized carbons (Fsp3) is 0.0769. The lowest BCUT2D eigenvalue weighted by Crippen LogP contribution is -2.06. The van der Waals surface area contributed by atoms with E-state index in [1.165, 1.54) is 12.3 Å². The molecule has 18 heavy (non-hydrogen) atoms. The number of anilines is 3. The molecule has 0 unspecified atom stereocenters. The molecule has 2 rings (SSSR count). The fourth-order valence-corrected chi connectivity index (χ4v) is 1.53. The quantitative estimate of drug-likeness (QED) is 0.770. The van der Waals surface area contributed by atoms with Gasteiger partial charge in [0.1, 0.15) is 0 Å². The molecule has 0 saturated carbocycles. The van der Waals surface area contributed by atoms with Crippen LogP contribution in [0.5, 0.6) is 0 Å². The van der Waals surface area contributed by atoms with Crippen molar-refractivity contribution in [3.63, 3.8) is 0 Å². The van der Waals surface area contributed by atoms with Crippen LogP contribution in [-0.4, -0.2) is 16.1 Å². The minimum absolute atomic E-state index is 0.0413. The number of rotatable bonds is 3. The smallest absolute Gasteiger partial charge is 0.337 e. The standard InChI is InChI=1S/C13H13N3O2/c1-8-2-4-9(5-3-8)16-12-11(14)10(13(17)18)6-7-15-12/h2-7H,14H2,1H3,(H,15,16)(H,17,18). The summed E-state index contributed by atoms with van der Waals surface area (Å²) in [5.41, 5.74) is 7.87. The Labute approximate surface area is 104 Å². The van der Waals surface area contributed by atoms with Gasteiger partial charge >= 0.3 is 5.97 Å². The first-order valence-electron chi connectivity index (χ1n) is 5.39. The molecule has 0 aliphatic rings. The van der Waals surface area contributed by atoms with Crippen LogP contribution in [0.1, 0.15) is 15.9 Å². The summed E-state index contributed by atoms with van der Waals surface area (Å²) in [4.78, 5) is 15.0. The van der Waals surface area contributed by atoms with E-state index in [1.54, 1.807) is 0 Å². The van der Waals surface area contributed by atoms with E-state index in [2.05, 4.69) is 10.3 Å². The molecule has 0 aliphatic carbocycles. The molecule has 0 radical (unpaired) electrons. The number of aromatic carboxylic acids is 1. The minimum atomic E-state index is -1.07. The van der Waals surface area contributed by atoms with Crippen molar-refractivity contribution in [3.05, 3.63) is 47.7 Å². The lowest BCUT2D eigenvalue weighted by atomic mass is 10.2. The molecule has 5 heteroatoms. The lowest BCUT2D eigenvalue weighted by molar-refractivity contribution is 0.0698. The Morgan fingerprint density at radius 3 is 2.56 bits per heavy atom. The molecule has 2 aromatic rings. The molecular weight excluding hydrogens is 230 g/mol. The van der Waals surface area contributed by atoms with E-state index in [0.717, 1.165) is 11.3 Å². The normalized spacial score (nSPS) is 10.1. The number of carboxylic acid groups (broad SMARTS) is 1. The van der Waals surface area contributed by atoms with Crippen molar-refractivity contribution < 1.29 is 9.90 Å². The zero-order valence-electron chi connectivity index (χ0n) is 9.84. The molecule has 0 aliphatic heterocycles.